The minimum Gasteiger partial charge on any atom is -0.476 e. The minimum absolute atomic E-state index is 0.332. The molecular weight excluding hydrogens is 260 g/mol. The summed E-state index contributed by atoms with van der Waals surface area (Å²) in [6.45, 7) is 4.96. The zero-order valence-corrected chi connectivity index (χ0v) is 10.9. The standard InChI is InChI=1S/C9H14N4O4S/c1-9(2,3)13-18(16,17)12-7-6(8(14)15)10-4-5-11-7/h4-5,13H,1-3H3,(H,11,12)(H,14,15). The number of anilines is 1. The van der Waals surface area contributed by atoms with Crippen LogP contribution >= 0.6 is 0 Å². The third-order valence-corrected chi connectivity index (χ3v) is 2.92. The molecule has 1 aromatic rings. The lowest BCUT2D eigenvalue weighted by atomic mass is 10.1. The van der Waals surface area contributed by atoms with Gasteiger partial charge >= 0.3 is 16.2 Å². The number of rotatable bonds is 4. The molecule has 0 fully saturated rings. The van der Waals surface area contributed by atoms with E-state index in [1.54, 1.807) is 20.8 Å². The number of carboxylic acids is 1. The SMILES string of the molecule is CC(C)(C)NS(=O)(=O)Nc1nccnc1C(=O)O. The van der Waals surface area contributed by atoms with Crippen molar-refractivity contribution in [3.05, 3.63) is 18.1 Å². The molecule has 100 valence electrons. The summed E-state index contributed by atoms with van der Waals surface area (Å²) in [7, 11) is -3.91. The Hall–Kier alpha value is -1.74. The predicted octanol–water partition coefficient (Wildman–Crippen LogP) is 0.220. The zero-order chi connectivity index (χ0) is 14.0. The topological polar surface area (TPSA) is 121 Å². The molecule has 0 saturated heterocycles. The lowest BCUT2D eigenvalue weighted by Gasteiger charge is -2.20. The molecule has 3 N–H and O–H groups in total. The molecule has 1 rings (SSSR count). The van der Waals surface area contributed by atoms with Crippen LogP contribution in [0.2, 0.25) is 0 Å². The van der Waals surface area contributed by atoms with E-state index in [0.29, 0.717) is 0 Å². The Labute approximate surface area is 105 Å². The molecule has 1 aromatic heterocycles. The molecule has 0 saturated carbocycles. The lowest BCUT2D eigenvalue weighted by Crippen LogP contribution is -2.43. The molecule has 0 bridgehead atoms. The van der Waals surface area contributed by atoms with Gasteiger partial charge in [0.15, 0.2) is 11.5 Å². The van der Waals surface area contributed by atoms with Gasteiger partial charge in [0.05, 0.1) is 0 Å². The number of aromatic carboxylic acids is 1. The first-order chi connectivity index (χ1) is 8.11. The van der Waals surface area contributed by atoms with Gasteiger partial charge in [-0.2, -0.15) is 13.1 Å². The molecule has 0 spiro atoms. The van der Waals surface area contributed by atoms with Gasteiger partial charge in [0.25, 0.3) is 0 Å². The Morgan fingerprint density at radius 3 is 2.33 bits per heavy atom. The smallest absolute Gasteiger partial charge is 0.358 e. The Morgan fingerprint density at radius 1 is 1.28 bits per heavy atom. The van der Waals surface area contributed by atoms with Gasteiger partial charge in [-0.25, -0.2) is 14.8 Å². The molecule has 8 nitrogen and oxygen atoms in total. The van der Waals surface area contributed by atoms with Gasteiger partial charge in [-0.05, 0) is 20.8 Å². The van der Waals surface area contributed by atoms with Crippen molar-refractivity contribution >= 4 is 22.0 Å². The van der Waals surface area contributed by atoms with Crippen molar-refractivity contribution in [3.8, 4) is 0 Å². The molecule has 9 heteroatoms. The highest BCUT2D eigenvalue weighted by Gasteiger charge is 2.23. The van der Waals surface area contributed by atoms with Gasteiger partial charge in [-0.3, -0.25) is 4.72 Å². The summed E-state index contributed by atoms with van der Waals surface area (Å²) in [4.78, 5) is 18.0. The van der Waals surface area contributed by atoms with Crippen molar-refractivity contribution in [2.45, 2.75) is 26.3 Å². The predicted molar refractivity (Wildman–Crippen MR) is 64.4 cm³/mol. The maximum atomic E-state index is 11.7. The first kappa shape index (κ1) is 14.3. The van der Waals surface area contributed by atoms with Gasteiger partial charge in [-0.1, -0.05) is 0 Å². The van der Waals surface area contributed by atoms with Crippen LogP contribution in [0.4, 0.5) is 5.82 Å². The molecule has 0 aliphatic heterocycles. The second-order valence-electron chi connectivity index (χ2n) is 4.52. The van der Waals surface area contributed by atoms with Crippen LogP contribution in [0.5, 0.6) is 0 Å². The largest absolute Gasteiger partial charge is 0.476 e. The minimum atomic E-state index is -3.91. The van der Waals surface area contributed by atoms with Crippen LogP contribution in [-0.4, -0.2) is 35.0 Å². The average molecular weight is 274 g/mol. The van der Waals surface area contributed by atoms with Crippen molar-refractivity contribution in [1.82, 2.24) is 14.7 Å². The molecule has 18 heavy (non-hydrogen) atoms. The maximum Gasteiger partial charge on any atom is 0.358 e. The Bertz CT molecular complexity index is 550. The van der Waals surface area contributed by atoms with Crippen LogP contribution in [0.25, 0.3) is 0 Å². The van der Waals surface area contributed by atoms with Gasteiger partial charge in [0.1, 0.15) is 0 Å². The third kappa shape index (κ3) is 4.26. The van der Waals surface area contributed by atoms with Crippen LogP contribution in [0.15, 0.2) is 12.4 Å². The monoisotopic (exact) mass is 274 g/mol. The number of aromatic nitrogens is 2. The molecule has 0 aliphatic carbocycles. The van der Waals surface area contributed by atoms with Crippen LogP contribution < -0.4 is 9.44 Å². The fourth-order valence-corrected chi connectivity index (χ4v) is 2.39. The van der Waals surface area contributed by atoms with E-state index in [0.717, 1.165) is 0 Å². The number of carbonyl (C=O) groups is 1. The molecule has 1 heterocycles. The summed E-state index contributed by atoms with van der Waals surface area (Å²) in [6.07, 6.45) is 2.36. The highest BCUT2D eigenvalue weighted by molar-refractivity contribution is 7.90. The summed E-state index contributed by atoms with van der Waals surface area (Å²) in [5, 5.41) is 8.84. The molecular formula is C9H14N4O4S. The number of nitrogens with zero attached hydrogens (tertiary/aromatic N) is 2. The summed E-state index contributed by atoms with van der Waals surface area (Å²) >= 11 is 0. The lowest BCUT2D eigenvalue weighted by molar-refractivity contribution is 0.0691. The quantitative estimate of drug-likeness (QED) is 0.722. The van der Waals surface area contributed by atoms with E-state index in [1.165, 1.54) is 12.4 Å². The summed E-state index contributed by atoms with van der Waals surface area (Å²) < 4.78 is 27.8. The second kappa shape index (κ2) is 4.86. The molecule has 0 unspecified atom stereocenters. The van der Waals surface area contributed by atoms with Gasteiger partial charge < -0.3 is 5.11 Å². The molecule has 0 aromatic carbocycles. The Balaban J connectivity index is 3.02. The van der Waals surface area contributed by atoms with E-state index < -0.39 is 27.4 Å². The van der Waals surface area contributed by atoms with Crippen LogP contribution in [0, 0.1) is 0 Å². The summed E-state index contributed by atoms with van der Waals surface area (Å²) in [6, 6.07) is 0. The van der Waals surface area contributed by atoms with Crippen molar-refractivity contribution < 1.29 is 18.3 Å². The van der Waals surface area contributed by atoms with Crippen molar-refractivity contribution in [2.75, 3.05) is 4.72 Å². The number of hydrogen-bond acceptors (Lipinski definition) is 5. The van der Waals surface area contributed by atoms with Crippen molar-refractivity contribution in [3.63, 3.8) is 0 Å². The average Bonchev–Trinajstić information content (AvgIpc) is 2.13. The highest BCUT2D eigenvalue weighted by Crippen LogP contribution is 2.11. The van der Waals surface area contributed by atoms with Gasteiger partial charge in [0.2, 0.25) is 0 Å². The third-order valence-electron chi connectivity index (χ3n) is 1.57. The summed E-state index contributed by atoms with van der Waals surface area (Å²) in [5.41, 5.74) is -1.16. The Kier molecular flexibility index (Phi) is 3.87. The molecule has 0 aliphatic rings. The van der Waals surface area contributed by atoms with Crippen molar-refractivity contribution in [2.24, 2.45) is 0 Å². The highest BCUT2D eigenvalue weighted by atomic mass is 32.2. The van der Waals surface area contributed by atoms with E-state index in [4.69, 9.17) is 5.11 Å². The molecule has 0 atom stereocenters. The van der Waals surface area contributed by atoms with Crippen LogP contribution in [-0.2, 0) is 10.2 Å². The normalized spacial score (nSPS) is 12.2. The number of nitrogens with one attached hydrogen (secondary N) is 2. The van der Waals surface area contributed by atoms with E-state index in [1.807, 2.05) is 4.72 Å². The van der Waals surface area contributed by atoms with E-state index in [2.05, 4.69) is 14.7 Å². The van der Waals surface area contributed by atoms with E-state index in [9.17, 15) is 13.2 Å². The fourth-order valence-electron chi connectivity index (χ4n) is 1.13. The molecule has 0 amide bonds. The summed E-state index contributed by atoms with van der Waals surface area (Å²) in [5.74, 6) is -1.70. The van der Waals surface area contributed by atoms with Crippen LogP contribution in [0.3, 0.4) is 0 Å². The second-order valence-corrected chi connectivity index (χ2v) is 5.93. The first-order valence-electron chi connectivity index (χ1n) is 4.97. The maximum absolute atomic E-state index is 11.7. The van der Waals surface area contributed by atoms with Crippen molar-refractivity contribution in [1.29, 1.82) is 0 Å². The van der Waals surface area contributed by atoms with E-state index in [-0.39, 0.29) is 5.82 Å². The van der Waals surface area contributed by atoms with Crippen LogP contribution in [0.1, 0.15) is 31.3 Å². The number of hydrogen-bond donors (Lipinski definition) is 3. The first-order valence-corrected chi connectivity index (χ1v) is 6.45. The van der Waals surface area contributed by atoms with E-state index >= 15 is 0 Å². The molecule has 0 radical (unpaired) electrons. The van der Waals surface area contributed by atoms with Gasteiger partial charge in [0, 0.05) is 17.9 Å². The van der Waals surface area contributed by atoms with Gasteiger partial charge in [-0.15, -0.1) is 0 Å². The Morgan fingerprint density at radius 2 is 1.83 bits per heavy atom. The zero-order valence-electron chi connectivity index (χ0n) is 10.1. The number of carboxylic acid groups (broad SMARTS) is 1. The fraction of sp³-hybridized carbons (Fsp3) is 0.444.